The highest BCUT2D eigenvalue weighted by Gasteiger charge is 2.33. The maximum atomic E-state index is 11.7. The second kappa shape index (κ2) is 4.10. The van der Waals surface area contributed by atoms with Gasteiger partial charge in [-0.15, -0.1) is 0 Å². The summed E-state index contributed by atoms with van der Waals surface area (Å²) in [6.07, 6.45) is 0. The average molecular weight is 215 g/mol. The van der Waals surface area contributed by atoms with Crippen LogP contribution in [0.15, 0.2) is 0 Å². The fourth-order valence-corrected chi connectivity index (χ4v) is 1.31. The highest BCUT2D eigenvalue weighted by Crippen LogP contribution is 2.15. The van der Waals surface area contributed by atoms with Gasteiger partial charge >= 0.3 is 5.97 Å². The summed E-state index contributed by atoms with van der Waals surface area (Å²) in [5.74, 6) is -0.238. The molecule has 1 aliphatic rings. The SMILES string of the molecule is CC(C)(C)OC(=O)C1COC(C)(C)CN1. The molecule has 88 valence electrons. The predicted molar refractivity (Wildman–Crippen MR) is 57.7 cm³/mol. The molecule has 0 saturated carbocycles. The molecular weight excluding hydrogens is 194 g/mol. The lowest BCUT2D eigenvalue weighted by Gasteiger charge is -2.35. The maximum absolute atomic E-state index is 11.7. The molecule has 0 aliphatic carbocycles. The lowest BCUT2D eigenvalue weighted by atomic mass is 10.1. The molecule has 0 aromatic rings. The van der Waals surface area contributed by atoms with Crippen molar-refractivity contribution in [1.29, 1.82) is 0 Å². The molecule has 15 heavy (non-hydrogen) atoms. The number of ether oxygens (including phenoxy) is 2. The maximum Gasteiger partial charge on any atom is 0.326 e. The van der Waals surface area contributed by atoms with Crippen molar-refractivity contribution in [3.8, 4) is 0 Å². The number of carbonyl (C=O) groups is 1. The predicted octanol–water partition coefficient (Wildman–Crippen LogP) is 1.10. The second-order valence-electron chi connectivity index (χ2n) is 5.54. The van der Waals surface area contributed by atoms with E-state index >= 15 is 0 Å². The zero-order valence-corrected chi connectivity index (χ0v) is 10.2. The first kappa shape index (κ1) is 12.5. The summed E-state index contributed by atoms with van der Waals surface area (Å²) in [6, 6.07) is -0.336. The molecule has 1 N–H and O–H groups in total. The molecule has 4 heteroatoms. The van der Waals surface area contributed by atoms with Gasteiger partial charge in [-0.25, -0.2) is 0 Å². The number of esters is 1. The minimum absolute atomic E-state index is 0.196. The first-order valence-electron chi connectivity index (χ1n) is 5.30. The third-order valence-electron chi connectivity index (χ3n) is 2.11. The van der Waals surface area contributed by atoms with Gasteiger partial charge in [0.05, 0.1) is 12.2 Å². The van der Waals surface area contributed by atoms with Crippen molar-refractivity contribution in [2.45, 2.75) is 51.9 Å². The van der Waals surface area contributed by atoms with Gasteiger partial charge in [-0.2, -0.15) is 0 Å². The molecular formula is C11H21NO3. The smallest absolute Gasteiger partial charge is 0.326 e. The van der Waals surface area contributed by atoms with E-state index in [0.717, 1.165) is 0 Å². The molecule has 1 heterocycles. The van der Waals surface area contributed by atoms with Crippen LogP contribution < -0.4 is 5.32 Å². The van der Waals surface area contributed by atoms with Crippen LogP contribution in [0.5, 0.6) is 0 Å². The van der Waals surface area contributed by atoms with Gasteiger partial charge in [0.2, 0.25) is 0 Å². The van der Waals surface area contributed by atoms with Gasteiger partial charge in [0, 0.05) is 6.54 Å². The number of nitrogens with one attached hydrogen (secondary N) is 1. The van der Waals surface area contributed by atoms with Crippen LogP contribution in [0.1, 0.15) is 34.6 Å². The Morgan fingerprint density at radius 1 is 1.47 bits per heavy atom. The van der Waals surface area contributed by atoms with Gasteiger partial charge in [0.1, 0.15) is 11.6 Å². The normalized spacial score (nSPS) is 26.1. The van der Waals surface area contributed by atoms with E-state index in [-0.39, 0.29) is 17.6 Å². The summed E-state index contributed by atoms with van der Waals surface area (Å²) in [7, 11) is 0. The Morgan fingerprint density at radius 3 is 2.47 bits per heavy atom. The average Bonchev–Trinajstić information content (AvgIpc) is 2.00. The summed E-state index contributed by atoms with van der Waals surface area (Å²) >= 11 is 0. The Hall–Kier alpha value is -0.610. The van der Waals surface area contributed by atoms with E-state index in [4.69, 9.17) is 9.47 Å². The third-order valence-corrected chi connectivity index (χ3v) is 2.11. The van der Waals surface area contributed by atoms with Gasteiger partial charge in [0.15, 0.2) is 0 Å². The molecule has 1 unspecified atom stereocenters. The topological polar surface area (TPSA) is 47.6 Å². The zero-order chi connectivity index (χ0) is 11.7. The first-order valence-corrected chi connectivity index (χ1v) is 5.30. The van der Waals surface area contributed by atoms with E-state index < -0.39 is 5.60 Å². The number of hydrogen-bond donors (Lipinski definition) is 1. The van der Waals surface area contributed by atoms with E-state index in [9.17, 15) is 4.79 Å². The summed E-state index contributed by atoms with van der Waals surface area (Å²) in [5.41, 5.74) is -0.635. The zero-order valence-electron chi connectivity index (χ0n) is 10.2. The van der Waals surface area contributed by atoms with Gasteiger partial charge in [-0.3, -0.25) is 10.1 Å². The number of rotatable bonds is 1. The highest BCUT2D eigenvalue weighted by atomic mass is 16.6. The number of hydrogen-bond acceptors (Lipinski definition) is 4. The van der Waals surface area contributed by atoms with E-state index in [1.165, 1.54) is 0 Å². The van der Waals surface area contributed by atoms with Crippen LogP contribution in [0.25, 0.3) is 0 Å². The number of morpholine rings is 1. The van der Waals surface area contributed by atoms with Crippen LogP contribution in [0.4, 0.5) is 0 Å². The summed E-state index contributed by atoms with van der Waals surface area (Å²) in [5, 5.41) is 3.13. The Bertz CT molecular complexity index is 233. The molecule has 0 amide bonds. The minimum Gasteiger partial charge on any atom is -0.459 e. The van der Waals surface area contributed by atoms with Gasteiger partial charge < -0.3 is 9.47 Å². The van der Waals surface area contributed by atoms with Crippen molar-refractivity contribution in [3.05, 3.63) is 0 Å². The molecule has 0 aromatic carbocycles. The molecule has 0 bridgehead atoms. The van der Waals surface area contributed by atoms with Crippen molar-refractivity contribution in [3.63, 3.8) is 0 Å². The van der Waals surface area contributed by atoms with Crippen LogP contribution in [0.3, 0.4) is 0 Å². The van der Waals surface area contributed by atoms with Crippen LogP contribution in [-0.2, 0) is 14.3 Å². The van der Waals surface area contributed by atoms with Gasteiger partial charge in [-0.1, -0.05) is 0 Å². The van der Waals surface area contributed by atoms with Crippen molar-refractivity contribution in [1.82, 2.24) is 5.32 Å². The Labute approximate surface area is 91.3 Å². The van der Waals surface area contributed by atoms with Crippen LogP contribution in [-0.4, -0.2) is 36.4 Å². The molecule has 1 fully saturated rings. The van der Waals surface area contributed by atoms with Crippen LogP contribution in [0, 0.1) is 0 Å². The quantitative estimate of drug-likeness (QED) is 0.665. The molecule has 1 aliphatic heterocycles. The first-order chi connectivity index (χ1) is 6.70. The Balaban J connectivity index is 2.44. The number of carbonyl (C=O) groups excluding carboxylic acids is 1. The molecule has 4 nitrogen and oxygen atoms in total. The highest BCUT2D eigenvalue weighted by molar-refractivity contribution is 5.76. The van der Waals surface area contributed by atoms with Crippen LogP contribution >= 0.6 is 0 Å². The largest absolute Gasteiger partial charge is 0.459 e. The monoisotopic (exact) mass is 215 g/mol. The summed E-state index contributed by atoms with van der Waals surface area (Å²) < 4.78 is 10.8. The van der Waals surface area contributed by atoms with Crippen molar-refractivity contribution in [2.75, 3.05) is 13.2 Å². The standard InChI is InChI=1S/C11H21NO3/c1-10(2,3)15-9(13)8-6-14-11(4,5)7-12-8/h8,12H,6-7H2,1-5H3. The van der Waals surface area contributed by atoms with E-state index in [2.05, 4.69) is 5.32 Å². The molecule has 0 radical (unpaired) electrons. The van der Waals surface area contributed by atoms with Crippen molar-refractivity contribution >= 4 is 5.97 Å². The van der Waals surface area contributed by atoms with Crippen molar-refractivity contribution < 1.29 is 14.3 Å². The molecule has 0 spiro atoms. The molecule has 0 aromatic heterocycles. The fourth-order valence-electron chi connectivity index (χ4n) is 1.31. The molecule has 1 atom stereocenters. The lowest BCUT2D eigenvalue weighted by molar-refractivity contribution is -0.164. The Morgan fingerprint density at radius 2 is 2.07 bits per heavy atom. The van der Waals surface area contributed by atoms with E-state index in [0.29, 0.717) is 13.2 Å². The van der Waals surface area contributed by atoms with E-state index in [1.807, 2.05) is 34.6 Å². The van der Waals surface area contributed by atoms with Gasteiger partial charge in [-0.05, 0) is 34.6 Å². The second-order valence-corrected chi connectivity index (χ2v) is 5.54. The summed E-state index contributed by atoms with van der Waals surface area (Å²) in [6.45, 7) is 10.6. The molecule has 1 rings (SSSR count). The lowest BCUT2D eigenvalue weighted by Crippen LogP contribution is -2.55. The van der Waals surface area contributed by atoms with Crippen LogP contribution in [0.2, 0.25) is 0 Å². The fraction of sp³-hybridized carbons (Fsp3) is 0.909. The third kappa shape index (κ3) is 4.18. The summed E-state index contributed by atoms with van der Waals surface area (Å²) in [4.78, 5) is 11.7. The minimum atomic E-state index is -0.439. The van der Waals surface area contributed by atoms with E-state index in [1.54, 1.807) is 0 Å². The Kier molecular flexibility index (Phi) is 3.41. The molecule has 1 saturated heterocycles. The van der Waals surface area contributed by atoms with Gasteiger partial charge in [0.25, 0.3) is 0 Å². The van der Waals surface area contributed by atoms with Crippen molar-refractivity contribution in [2.24, 2.45) is 0 Å².